The number of thioether (sulfide) groups is 1. The molecule has 1 aliphatic carbocycles. The highest BCUT2D eigenvalue weighted by Crippen LogP contribution is 2.26. The van der Waals surface area contributed by atoms with E-state index < -0.39 is 0 Å². The fourth-order valence-corrected chi connectivity index (χ4v) is 3.74. The van der Waals surface area contributed by atoms with Gasteiger partial charge in [-0.05, 0) is 50.7 Å². The van der Waals surface area contributed by atoms with E-state index in [2.05, 4.69) is 12.2 Å². The molecule has 1 aromatic rings. The Balaban J connectivity index is 1.68. The number of carbonyl (C=O) groups excluding carboxylic acids is 2. The number of amides is 2. The lowest BCUT2D eigenvalue weighted by Gasteiger charge is -2.33. The summed E-state index contributed by atoms with van der Waals surface area (Å²) in [6.45, 7) is 4.29. The largest absolute Gasteiger partial charge is 0.342 e. The summed E-state index contributed by atoms with van der Waals surface area (Å²) in [4.78, 5) is 26.1. The lowest BCUT2D eigenvalue weighted by Crippen LogP contribution is -2.40. The predicted octanol–water partition coefficient (Wildman–Crippen LogP) is 3.70. The number of rotatable bonds is 6. The third-order valence-corrected chi connectivity index (χ3v) is 5.64. The molecule has 0 heterocycles. The molecular weight excluding hydrogens is 320 g/mol. The molecule has 0 atom stereocenters. The molecule has 0 bridgehead atoms. The number of nitrogens with zero attached hydrogens (tertiary/aromatic N) is 1. The lowest BCUT2D eigenvalue weighted by atomic mass is 9.87. The molecule has 0 saturated heterocycles. The van der Waals surface area contributed by atoms with E-state index in [1.54, 1.807) is 0 Å². The molecule has 1 aromatic carbocycles. The van der Waals surface area contributed by atoms with Gasteiger partial charge in [0, 0.05) is 18.8 Å². The van der Waals surface area contributed by atoms with Crippen molar-refractivity contribution >= 4 is 29.3 Å². The van der Waals surface area contributed by atoms with Gasteiger partial charge in [-0.25, -0.2) is 0 Å². The second kappa shape index (κ2) is 9.11. The maximum absolute atomic E-state index is 12.3. The minimum absolute atomic E-state index is 0.0641. The summed E-state index contributed by atoms with van der Waals surface area (Å²) in [6, 6.07) is 8.08. The summed E-state index contributed by atoms with van der Waals surface area (Å²) in [5, 5.41) is 2.86. The first-order valence-corrected chi connectivity index (χ1v) is 9.81. The van der Waals surface area contributed by atoms with Crippen LogP contribution in [0.3, 0.4) is 0 Å². The van der Waals surface area contributed by atoms with Gasteiger partial charge in [0.2, 0.25) is 11.8 Å². The number of nitrogens with one attached hydrogen (secondary N) is 1. The van der Waals surface area contributed by atoms with Gasteiger partial charge in [0.25, 0.3) is 0 Å². The van der Waals surface area contributed by atoms with Crippen LogP contribution >= 0.6 is 11.8 Å². The van der Waals surface area contributed by atoms with E-state index in [0.717, 1.165) is 30.0 Å². The van der Waals surface area contributed by atoms with Crippen molar-refractivity contribution in [3.63, 3.8) is 0 Å². The SMILES string of the molecule is Cc1ccc(NC(=O)CSCC(=O)N(C)C2CCC(C)CC2)cc1. The predicted molar refractivity (Wildman–Crippen MR) is 101 cm³/mol. The summed E-state index contributed by atoms with van der Waals surface area (Å²) in [7, 11) is 1.90. The van der Waals surface area contributed by atoms with Crippen LogP contribution in [0.2, 0.25) is 0 Å². The summed E-state index contributed by atoms with van der Waals surface area (Å²) < 4.78 is 0. The van der Waals surface area contributed by atoms with Gasteiger partial charge in [0.05, 0.1) is 11.5 Å². The molecule has 2 rings (SSSR count). The highest BCUT2D eigenvalue weighted by Gasteiger charge is 2.24. The summed E-state index contributed by atoms with van der Waals surface area (Å²) in [5.41, 5.74) is 1.96. The van der Waals surface area contributed by atoms with Gasteiger partial charge < -0.3 is 10.2 Å². The van der Waals surface area contributed by atoms with Gasteiger partial charge in [0.1, 0.15) is 0 Å². The van der Waals surface area contributed by atoms with Crippen LogP contribution in [0.5, 0.6) is 0 Å². The quantitative estimate of drug-likeness (QED) is 0.853. The zero-order chi connectivity index (χ0) is 17.5. The summed E-state index contributed by atoms with van der Waals surface area (Å²) >= 11 is 1.38. The Morgan fingerprint density at radius 3 is 2.38 bits per heavy atom. The van der Waals surface area contributed by atoms with Crippen molar-refractivity contribution in [1.82, 2.24) is 4.90 Å². The van der Waals surface area contributed by atoms with Gasteiger partial charge in [0.15, 0.2) is 0 Å². The zero-order valence-corrected chi connectivity index (χ0v) is 15.7. The van der Waals surface area contributed by atoms with E-state index in [0.29, 0.717) is 17.5 Å². The molecule has 4 nitrogen and oxygen atoms in total. The molecule has 2 amide bonds. The van der Waals surface area contributed by atoms with Crippen LogP contribution in [0.15, 0.2) is 24.3 Å². The van der Waals surface area contributed by atoms with Crippen molar-refractivity contribution in [1.29, 1.82) is 0 Å². The van der Waals surface area contributed by atoms with Crippen LogP contribution in [0.4, 0.5) is 5.69 Å². The number of hydrogen-bond donors (Lipinski definition) is 1. The van der Waals surface area contributed by atoms with Crippen LogP contribution in [0.25, 0.3) is 0 Å². The topological polar surface area (TPSA) is 49.4 Å². The molecule has 1 fully saturated rings. The molecule has 5 heteroatoms. The fraction of sp³-hybridized carbons (Fsp3) is 0.579. The van der Waals surface area contributed by atoms with Gasteiger partial charge in [-0.15, -0.1) is 11.8 Å². The van der Waals surface area contributed by atoms with Gasteiger partial charge >= 0.3 is 0 Å². The molecule has 132 valence electrons. The number of carbonyl (C=O) groups is 2. The maximum atomic E-state index is 12.3. The molecule has 0 unspecified atom stereocenters. The normalized spacial score (nSPS) is 20.5. The lowest BCUT2D eigenvalue weighted by molar-refractivity contribution is -0.129. The van der Waals surface area contributed by atoms with Crippen LogP contribution in [-0.2, 0) is 9.59 Å². The van der Waals surface area contributed by atoms with Crippen molar-refractivity contribution in [2.24, 2.45) is 5.92 Å². The van der Waals surface area contributed by atoms with E-state index in [1.165, 1.54) is 24.6 Å². The Kier molecular flexibility index (Phi) is 7.16. The molecule has 1 saturated carbocycles. The Morgan fingerprint density at radius 1 is 1.12 bits per heavy atom. The highest BCUT2D eigenvalue weighted by molar-refractivity contribution is 8.00. The molecule has 0 aromatic heterocycles. The zero-order valence-electron chi connectivity index (χ0n) is 14.9. The monoisotopic (exact) mass is 348 g/mol. The summed E-state index contributed by atoms with van der Waals surface area (Å²) in [6.07, 6.45) is 4.60. The number of aryl methyl sites for hydroxylation is 1. The van der Waals surface area contributed by atoms with Crippen molar-refractivity contribution in [3.8, 4) is 0 Å². The Labute approximate surface area is 149 Å². The molecular formula is C19H28N2O2S. The molecule has 0 radical (unpaired) electrons. The van der Waals surface area contributed by atoms with Gasteiger partial charge in [-0.1, -0.05) is 24.6 Å². The van der Waals surface area contributed by atoms with Crippen molar-refractivity contribution in [3.05, 3.63) is 29.8 Å². The first-order chi connectivity index (χ1) is 11.5. The van der Waals surface area contributed by atoms with Gasteiger partial charge in [-0.2, -0.15) is 0 Å². The van der Waals surface area contributed by atoms with E-state index >= 15 is 0 Å². The van der Waals surface area contributed by atoms with Gasteiger partial charge in [-0.3, -0.25) is 9.59 Å². The minimum Gasteiger partial charge on any atom is -0.342 e. The fourth-order valence-electron chi connectivity index (χ4n) is 3.00. The van der Waals surface area contributed by atoms with Crippen LogP contribution in [0.1, 0.15) is 38.2 Å². The molecule has 0 spiro atoms. The average Bonchev–Trinajstić information content (AvgIpc) is 2.57. The summed E-state index contributed by atoms with van der Waals surface area (Å²) in [5.74, 6) is 1.51. The van der Waals surface area contributed by atoms with E-state index in [4.69, 9.17) is 0 Å². The second-order valence-electron chi connectivity index (χ2n) is 6.83. The maximum Gasteiger partial charge on any atom is 0.234 e. The van der Waals surface area contributed by atoms with Crippen molar-refractivity contribution in [2.45, 2.75) is 45.6 Å². The third-order valence-electron chi connectivity index (χ3n) is 4.72. The molecule has 1 aliphatic rings. The Bertz CT molecular complexity index is 551. The third kappa shape index (κ3) is 5.86. The number of hydrogen-bond acceptors (Lipinski definition) is 3. The van der Waals surface area contributed by atoms with E-state index in [1.807, 2.05) is 43.1 Å². The first kappa shape index (κ1) is 18.8. The van der Waals surface area contributed by atoms with Crippen LogP contribution in [0, 0.1) is 12.8 Å². The number of benzene rings is 1. The Morgan fingerprint density at radius 2 is 1.75 bits per heavy atom. The standard InChI is InChI=1S/C19H28N2O2S/c1-14-4-8-16(9-5-14)20-18(22)12-24-13-19(23)21(3)17-10-6-15(2)7-11-17/h4-5,8-9,15,17H,6-7,10-13H2,1-3H3,(H,20,22). The molecule has 24 heavy (non-hydrogen) atoms. The average molecular weight is 349 g/mol. The van der Waals surface area contributed by atoms with Crippen molar-refractivity contribution < 1.29 is 9.59 Å². The Hall–Kier alpha value is -1.49. The van der Waals surface area contributed by atoms with Crippen molar-refractivity contribution in [2.75, 3.05) is 23.9 Å². The molecule has 1 N–H and O–H groups in total. The number of anilines is 1. The minimum atomic E-state index is -0.0641. The molecule has 0 aliphatic heterocycles. The highest BCUT2D eigenvalue weighted by atomic mass is 32.2. The van der Waals surface area contributed by atoms with Crippen LogP contribution in [-0.4, -0.2) is 41.3 Å². The smallest absolute Gasteiger partial charge is 0.234 e. The van der Waals surface area contributed by atoms with Crippen LogP contribution < -0.4 is 5.32 Å². The first-order valence-electron chi connectivity index (χ1n) is 8.65. The second-order valence-corrected chi connectivity index (χ2v) is 7.81. The van der Waals surface area contributed by atoms with E-state index in [-0.39, 0.29) is 11.8 Å². The van der Waals surface area contributed by atoms with E-state index in [9.17, 15) is 9.59 Å².